The molecule has 0 aromatic heterocycles. The first-order valence-electron chi connectivity index (χ1n) is 5.80. The first-order chi connectivity index (χ1) is 7.41. The van der Waals surface area contributed by atoms with Crippen LogP contribution >= 0.6 is 0 Å². The zero-order valence-electron chi connectivity index (χ0n) is 10.8. The lowest BCUT2D eigenvalue weighted by Crippen LogP contribution is -2.36. The molecular weight excluding hydrogens is 198 g/mol. The Morgan fingerprint density at radius 2 is 1.75 bits per heavy atom. The zero-order chi connectivity index (χ0) is 12.3. The Bertz CT molecular complexity index is 382. The van der Waals surface area contributed by atoms with Crippen LogP contribution in [0.4, 0.5) is 0 Å². The molecule has 1 N–H and O–H groups in total. The highest BCUT2D eigenvalue weighted by Gasteiger charge is 2.12. The second-order valence-electron chi connectivity index (χ2n) is 4.81. The van der Waals surface area contributed by atoms with Crippen LogP contribution < -0.4 is 5.32 Å². The highest BCUT2D eigenvalue weighted by atomic mass is 16.1. The van der Waals surface area contributed by atoms with E-state index >= 15 is 0 Å². The van der Waals surface area contributed by atoms with E-state index in [-0.39, 0.29) is 11.9 Å². The van der Waals surface area contributed by atoms with Gasteiger partial charge in [-0.25, -0.2) is 0 Å². The van der Waals surface area contributed by atoms with Gasteiger partial charge in [-0.2, -0.15) is 0 Å². The van der Waals surface area contributed by atoms with Gasteiger partial charge in [0.25, 0.3) is 5.91 Å². The molecule has 0 aliphatic rings. The van der Waals surface area contributed by atoms with E-state index in [4.69, 9.17) is 0 Å². The zero-order valence-corrected chi connectivity index (χ0v) is 10.8. The van der Waals surface area contributed by atoms with Gasteiger partial charge in [0.05, 0.1) is 0 Å². The van der Waals surface area contributed by atoms with Crippen molar-refractivity contribution in [2.45, 2.75) is 40.7 Å². The molecule has 1 atom stereocenters. The number of carbonyl (C=O) groups excluding carboxylic acids is 1. The smallest absolute Gasteiger partial charge is 0.251 e. The van der Waals surface area contributed by atoms with Crippen LogP contribution in [0.25, 0.3) is 0 Å². The number of benzene rings is 1. The second kappa shape index (κ2) is 5.15. The van der Waals surface area contributed by atoms with Crippen molar-refractivity contribution in [3.8, 4) is 0 Å². The maximum absolute atomic E-state index is 11.9. The maximum Gasteiger partial charge on any atom is 0.251 e. The van der Waals surface area contributed by atoms with Gasteiger partial charge in [-0.3, -0.25) is 4.79 Å². The quantitative estimate of drug-likeness (QED) is 0.831. The molecule has 0 saturated carbocycles. The standard InChI is InChI=1S/C14H21NO/c1-9(2)12(5)15-14(16)13-7-6-10(3)11(4)8-13/h6-9,12H,1-5H3,(H,15,16). The van der Waals surface area contributed by atoms with Gasteiger partial charge in [-0.15, -0.1) is 0 Å². The van der Waals surface area contributed by atoms with Crippen LogP contribution in [0.5, 0.6) is 0 Å². The monoisotopic (exact) mass is 219 g/mol. The Morgan fingerprint density at radius 1 is 1.12 bits per heavy atom. The molecule has 0 heterocycles. The summed E-state index contributed by atoms with van der Waals surface area (Å²) in [7, 11) is 0. The Labute approximate surface area is 98.1 Å². The predicted molar refractivity (Wildman–Crippen MR) is 67.7 cm³/mol. The summed E-state index contributed by atoms with van der Waals surface area (Å²) in [4.78, 5) is 11.9. The third-order valence-corrected chi connectivity index (χ3v) is 3.13. The summed E-state index contributed by atoms with van der Waals surface area (Å²) in [5, 5.41) is 3.00. The van der Waals surface area contributed by atoms with Crippen molar-refractivity contribution in [1.82, 2.24) is 5.32 Å². The van der Waals surface area contributed by atoms with E-state index in [0.29, 0.717) is 5.92 Å². The van der Waals surface area contributed by atoms with Crippen LogP contribution in [0.3, 0.4) is 0 Å². The van der Waals surface area contributed by atoms with Gasteiger partial charge in [0, 0.05) is 11.6 Å². The minimum Gasteiger partial charge on any atom is -0.349 e. The van der Waals surface area contributed by atoms with Crippen LogP contribution in [0, 0.1) is 19.8 Å². The summed E-state index contributed by atoms with van der Waals surface area (Å²) in [6, 6.07) is 6.02. The third kappa shape index (κ3) is 3.09. The Hall–Kier alpha value is -1.31. The topological polar surface area (TPSA) is 29.1 Å². The van der Waals surface area contributed by atoms with Crippen LogP contribution in [-0.4, -0.2) is 11.9 Å². The number of hydrogen-bond acceptors (Lipinski definition) is 1. The fourth-order valence-electron chi connectivity index (χ4n) is 1.34. The maximum atomic E-state index is 11.9. The van der Waals surface area contributed by atoms with Gasteiger partial charge in [0.15, 0.2) is 0 Å². The fraction of sp³-hybridized carbons (Fsp3) is 0.500. The van der Waals surface area contributed by atoms with Crippen molar-refractivity contribution in [1.29, 1.82) is 0 Å². The molecule has 0 fully saturated rings. The molecule has 88 valence electrons. The summed E-state index contributed by atoms with van der Waals surface area (Å²) in [6.07, 6.45) is 0. The number of aryl methyl sites for hydroxylation is 2. The molecule has 1 aromatic carbocycles. The molecule has 0 aliphatic heterocycles. The van der Waals surface area contributed by atoms with Crippen molar-refractivity contribution in [3.05, 3.63) is 34.9 Å². The molecule has 2 heteroatoms. The van der Waals surface area contributed by atoms with Gasteiger partial charge in [0.1, 0.15) is 0 Å². The van der Waals surface area contributed by atoms with E-state index in [0.717, 1.165) is 11.1 Å². The summed E-state index contributed by atoms with van der Waals surface area (Å²) < 4.78 is 0. The molecule has 0 aliphatic carbocycles. The lowest BCUT2D eigenvalue weighted by Gasteiger charge is -2.17. The largest absolute Gasteiger partial charge is 0.349 e. The van der Waals surface area contributed by atoms with Crippen LogP contribution in [0.15, 0.2) is 18.2 Å². The number of hydrogen-bond donors (Lipinski definition) is 1. The molecule has 1 rings (SSSR count). The Morgan fingerprint density at radius 3 is 2.25 bits per heavy atom. The minimum absolute atomic E-state index is 0.0179. The number of nitrogens with one attached hydrogen (secondary N) is 1. The van der Waals surface area contributed by atoms with E-state index in [1.165, 1.54) is 5.56 Å². The van der Waals surface area contributed by atoms with Crippen molar-refractivity contribution >= 4 is 5.91 Å². The fourth-order valence-corrected chi connectivity index (χ4v) is 1.34. The molecule has 1 unspecified atom stereocenters. The summed E-state index contributed by atoms with van der Waals surface area (Å²) in [5.74, 6) is 0.472. The number of amides is 1. The molecule has 1 aromatic rings. The Kier molecular flexibility index (Phi) is 4.11. The van der Waals surface area contributed by atoms with Crippen molar-refractivity contribution in [3.63, 3.8) is 0 Å². The van der Waals surface area contributed by atoms with Crippen molar-refractivity contribution in [2.24, 2.45) is 5.92 Å². The van der Waals surface area contributed by atoms with Crippen molar-refractivity contribution in [2.75, 3.05) is 0 Å². The van der Waals surface area contributed by atoms with E-state index in [1.807, 2.05) is 39.0 Å². The lowest BCUT2D eigenvalue weighted by atomic mass is 10.0. The van der Waals surface area contributed by atoms with E-state index < -0.39 is 0 Å². The predicted octanol–water partition coefficient (Wildman–Crippen LogP) is 3.08. The molecule has 0 spiro atoms. The second-order valence-corrected chi connectivity index (χ2v) is 4.81. The molecule has 2 nitrogen and oxygen atoms in total. The SMILES string of the molecule is Cc1ccc(C(=O)NC(C)C(C)C)cc1C. The summed E-state index contributed by atoms with van der Waals surface area (Å²) >= 11 is 0. The number of carbonyl (C=O) groups is 1. The minimum atomic E-state index is 0.0179. The molecule has 0 radical (unpaired) electrons. The van der Waals surface area contributed by atoms with E-state index in [9.17, 15) is 4.79 Å². The molecular formula is C14H21NO. The highest BCUT2D eigenvalue weighted by molar-refractivity contribution is 5.94. The van der Waals surface area contributed by atoms with Crippen molar-refractivity contribution < 1.29 is 4.79 Å². The highest BCUT2D eigenvalue weighted by Crippen LogP contribution is 2.10. The van der Waals surface area contributed by atoms with Gasteiger partial charge in [0.2, 0.25) is 0 Å². The summed E-state index contributed by atoms with van der Waals surface area (Å²) in [5.41, 5.74) is 3.12. The van der Waals surface area contributed by atoms with Crippen LogP contribution in [-0.2, 0) is 0 Å². The molecule has 16 heavy (non-hydrogen) atoms. The molecule has 0 saturated heterocycles. The Balaban J connectivity index is 2.77. The number of rotatable bonds is 3. The van der Waals surface area contributed by atoms with Gasteiger partial charge >= 0.3 is 0 Å². The summed E-state index contributed by atoms with van der Waals surface area (Å²) in [6.45, 7) is 10.3. The van der Waals surface area contributed by atoms with Gasteiger partial charge < -0.3 is 5.32 Å². The third-order valence-electron chi connectivity index (χ3n) is 3.13. The first-order valence-corrected chi connectivity index (χ1v) is 5.80. The van der Waals surface area contributed by atoms with E-state index in [2.05, 4.69) is 19.2 Å². The van der Waals surface area contributed by atoms with Crippen LogP contribution in [0.2, 0.25) is 0 Å². The first kappa shape index (κ1) is 12.8. The van der Waals surface area contributed by atoms with E-state index in [1.54, 1.807) is 0 Å². The molecule has 1 amide bonds. The molecule has 0 bridgehead atoms. The van der Waals surface area contributed by atoms with Gasteiger partial charge in [-0.1, -0.05) is 19.9 Å². The van der Waals surface area contributed by atoms with Crippen LogP contribution in [0.1, 0.15) is 42.3 Å². The normalized spacial score (nSPS) is 12.6. The van der Waals surface area contributed by atoms with Gasteiger partial charge in [-0.05, 0) is 49.9 Å². The average molecular weight is 219 g/mol. The lowest BCUT2D eigenvalue weighted by molar-refractivity contribution is 0.0930. The average Bonchev–Trinajstić information content (AvgIpc) is 2.21.